The molecule has 0 amide bonds. The summed E-state index contributed by atoms with van der Waals surface area (Å²) in [5.74, 6) is 0.807. The van der Waals surface area contributed by atoms with E-state index in [1.165, 1.54) is 5.56 Å². The van der Waals surface area contributed by atoms with Gasteiger partial charge < -0.3 is 10.1 Å². The first kappa shape index (κ1) is 18.8. The molecule has 0 aliphatic carbocycles. The van der Waals surface area contributed by atoms with E-state index in [4.69, 9.17) is 27.9 Å². The fourth-order valence-corrected chi connectivity index (χ4v) is 3.11. The predicted octanol–water partition coefficient (Wildman–Crippen LogP) is 6.42. The van der Waals surface area contributed by atoms with Crippen LogP contribution in [0.25, 0.3) is 0 Å². The minimum absolute atomic E-state index is 0.228. The number of ether oxygens (including phenoxy) is 1. The molecule has 3 aromatic carbocycles. The van der Waals surface area contributed by atoms with Gasteiger partial charge in [0.15, 0.2) is 0 Å². The maximum Gasteiger partial charge on any atom is 0.124 e. The zero-order valence-electron chi connectivity index (χ0n) is 14.6. The maximum atomic E-state index is 6.21. The Labute approximate surface area is 164 Å². The van der Waals surface area contributed by atoms with Crippen LogP contribution in [0.2, 0.25) is 10.0 Å². The third-order valence-corrected chi connectivity index (χ3v) is 4.87. The summed E-state index contributed by atoms with van der Waals surface area (Å²) in [5, 5.41) is 4.93. The van der Waals surface area contributed by atoms with E-state index >= 15 is 0 Å². The van der Waals surface area contributed by atoms with Gasteiger partial charge in [0.1, 0.15) is 12.4 Å². The van der Waals surface area contributed by atoms with Crippen LogP contribution in [0.5, 0.6) is 5.75 Å². The molecule has 3 rings (SSSR count). The van der Waals surface area contributed by atoms with Crippen molar-refractivity contribution in [1.82, 2.24) is 5.32 Å². The minimum Gasteiger partial charge on any atom is -0.489 e. The second-order valence-electron chi connectivity index (χ2n) is 6.15. The van der Waals surface area contributed by atoms with Crippen molar-refractivity contribution in [3.8, 4) is 5.75 Å². The molecule has 0 aliphatic heterocycles. The molecule has 1 N–H and O–H groups in total. The summed E-state index contributed by atoms with van der Waals surface area (Å²) in [4.78, 5) is 0. The van der Waals surface area contributed by atoms with E-state index in [0.29, 0.717) is 23.2 Å². The Bertz CT molecular complexity index is 852. The van der Waals surface area contributed by atoms with Crippen LogP contribution < -0.4 is 10.1 Å². The Balaban J connectivity index is 1.69. The molecule has 0 saturated heterocycles. The Hall–Kier alpha value is -2.00. The van der Waals surface area contributed by atoms with Crippen molar-refractivity contribution in [2.75, 3.05) is 0 Å². The van der Waals surface area contributed by atoms with Crippen molar-refractivity contribution in [2.24, 2.45) is 0 Å². The minimum atomic E-state index is 0.228. The topological polar surface area (TPSA) is 21.3 Å². The van der Waals surface area contributed by atoms with Crippen LogP contribution in [0.1, 0.15) is 29.7 Å². The average molecular weight is 386 g/mol. The lowest BCUT2D eigenvalue weighted by Gasteiger charge is -2.17. The summed E-state index contributed by atoms with van der Waals surface area (Å²) in [5.41, 5.74) is 3.22. The van der Waals surface area contributed by atoms with Gasteiger partial charge >= 0.3 is 0 Å². The van der Waals surface area contributed by atoms with Gasteiger partial charge in [-0.25, -0.2) is 0 Å². The molecule has 0 radical (unpaired) electrons. The fourth-order valence-electron chi connectivity index (χ4n) is 2.72. The summed E-state index contributed by atoms with van der Waals surface area (Å²) in [6.45, 7) is 3.22. The zero-order chi connectivity index (χ0) is 18.4. The van der Waals surface area contributed by atoms with E-state index in [-0.39, 0.29) is 6.04 Å². The van der Waals surface area contributed by atoms with E-state index in [1.54, 1.807) is 0 Å². The Kier molecular flexibility index (Phi) is 6.56. The summed E-state index contributed by atoms with van der Waals surface area (Å²) in [6, 6.07) is 24.0. The van der Waals surface area contributed by atoms with E-state index in [0.717, 1.165) is 16.9 Å². The van der Waals surface area contributed by atoms with Crippen LogP contribution in [0.15, 0.2) is 72.8 Å². The van der Waals surface area contributed by atoms with Crippen molar-refractivity contribution in [3.05, 3.63) is 99.5 Å². The lowest BCUT2D eigenvalue weighted by Crippen LogP contribution is -2.18. The monoisotopic (exact) mass is 385 g/mol. The highest BCUT2D eigenvalue weighted by molar-refractivity contribution is 6.31. The molecule has 0 aromatic heterocycles. The third kappa shape index (κ3) is 5.01. The molecule has 134 valence electrons. The van der Waals surface area contributed by atoms with E-state index in [2.05, 4.69) is 24.4 Å². The predicted molar refractivity (Wildman–Crippen MR) is 109 cm³/mol. The van der Waals surface area contributed by atoms with Crippen molar-refractivity contribution >= 4 is 23.2 Å². The zero-order valence-corrected chi connectivity index (χ0v) is 16.1. The Morgan fingerprint density at radius 3 is 2.38 bits per heavy atom. The van der Waals surface area contributed by atoms with Gasteiger partial charge in [0.2, 0.25) is 0 Å². The van der Waals surface area contributed by atoms with Gasteiger partial charge in [-0.3, -0.25) is 0 Å². The van der Waals surface area contributed by atoms with Crippen LogP contribution in [-0.2, 0) is 13.2 Å². The van der Waals surface area contributed by atoms with Gasteiger partial charge in [-0.1, -0.05) is 71.7 Å². The normalized spacial score (nSPS) is 12.0. The highest BCUT2D eigenvalue weighted by Gasteiger charge is 2.09. The molecule has 1 atom stereocenters. The fraction of sp³-hybridized carbons (Fsp3) is 0.182. The van der Waals surface area contributed by atoms with E-state index < -0.39 is 0 Å². The average Bonchev–Trinajstić information content (AvgIpc) is 2.67. The second kappa shape index (κ2) is 9.09. The van der Waals surface area contributed by atoms with Gasteiger partial charge in [-0.15, -0.1) is 0 Å². The first-order valence-corrected chi connectivity index (χ1v) is 9.32. The molecular weight excluding hydrogens is 365 g/mol. The maximum absolute atomic E-state index is 6.21. The highest BCUT2D eigenvalue weighted by atomic mass is 35.5. The highest BCUT2D eigenvalue weighted by Crippen LogP contribution is 2.26. The van der Waals surface area contributed by atoms with Gasteiger partial charge in [-0.2, -0.15) is 0 Å². The van der Waals surface area contributed by atoms with Gasteiger partial charge in [0.25, 0.3) is 0 Å². The lowest BCUT2D eigenvalue weighted by molar-refractivity contribution is 0.302. The molecule has 0 unspecified atom stereocenters. The Morgan fingerprint density at radius 2 is 1.62 bits per heavy atom. The molecule has 26 heavy (non-hydrogen) atoms. The number of halogens is 2. The van der Waals surface area contributed by atoms with E-state index in [1.807, 2.05) is 60.7 Å². The molecule has 3 aromatic rings. The molecule has 0 fully saturated rings. The lowest BCUT2D eigenvalue weighted by atomic mass is 10.1. The summed E-state index contributed by atoms with van der Waals surface area (Å²) >= 11 is 12.4. The van der Waals surface area contributed by atoms with Crippen LogP contribution in [-0.4, -0.2) is 0 Å². The van der Waals surface area contributed by atoms with Crippen molar-refractivity contribution in [3.63, 3.8) is 0 Å². The quantitative estimate of drug-likeness (QED) is 0.506. The number of benzene rings is 3. The molecule has 0 heterocycles. The molecule has 4 heteroatoms. The molecule has 0 saturated carbocycles. The molecule has 0 bridgehead atoms. The standard InChI is InChI=1S/C22H21Cl2NO/c1-16(17-7-3-2-4-8-17)25-14-19-13-20(23)11-12-22(19)26-15-18-9-5-6-10-21(18)24/h2-13,16,25H,14-15H2,1H3/t16-/m1/s1. The molecule has 0 aliphatic rings. The summed E-state index contributed by atoms with van der Waals surface area (Å²) in [7, 11) is 0. The van der Waals surface area contributed by atoms with Gasteiger partial charge in [-0.05, 0) is 36.8 Å². The van der Waals surface area contributed by atoms with Crippen molar-refractivity contribution in [2.45, 2.75) is 26.1 Å². The van der Waals surface area contributed by atoms with Crippen molar-refractivity contribution in [1.29, 1.82) is 0 Å². The van der Waals surface area contributed by atoms with Gasteiger partial charge in [0.05, 0.1) is 0 Å². The van der Waals surface area contributed by atoms with Crippen LogP contribution in [0, 0.1) is 0 Å². The smallest absolute Gasteiger partial charge is 0.124 e. The number of hydrogen-bond acceptors (Lipinski definition) is 2. The number of hydrogen-bond donors (Lipinski definition) is 1. The van der Waals surface area contributed by atoms with Gasteiger partial charge in [0, 0.05) is 33.8 Å². The second-order valence-corrected chi connectivity index (χ2v) is 6.99. The Morgan fingerprint density at radius 1 is 0.885 bits per heavy atom. The first-order valence-electron chi connectivity index (χ1n) is 8.56. The van der Waals surface area contributed by atoms with E-state index in [9.17, 15) is 0 Å². The number of nitrogens with one attached hydrogen (secondary N) is 1. The summed E-state index contributed by atoms with van der Waals surface area (Å²) < 4.78 is 6.01. The van der Waals surface area contributed by atoms with Crippen LogP contribution in [0.4, 0.5) is 0 Å². The molecule has 0 spiro atoms. The van der Waals surface area contributed by atoms with Crippen LogP contribution in [0.3, 0.4) is 0 Å². The third-order valence-electron chi connectivity index (χ3n) is 4.26. The van der Waals surface area contributed by atoms with Crippen molar-refractivity contribution < 1.29 is 4.74 Å². The summed E-state index contributed by atoms with van der Waals surface area (Å²) in [6.07, 6.45) is 0. The van der Waals surface area contributed by atoms with Crippen LogP contribution >= 0.6 is 23.2 Å². The molecular formula is C22H21Cl2NO. The SMILES string of the molecule is C[C@@H](NCc1cc(Cl)ccc1OCc1ccccc1Cl)c1ccccc1. The molecule has 2 nitrogen and oxygen atoms in total. The largest absolute Gasteiger partial charge is 0.489 e. The number of rotatable bonds is 7. The first-order chi connectivity index (χ1) is 12.6.